The third kappa shape index (κ3) is 4.37. The lowest BCUT2D eigenvalue weighted by Gasteiger charge is -2.20. The van der Waals surface area contributed by atoms with E-state index in [9.17, 15) is 4.79 Å². The summed E-state index contributed by atoms with van der Waals surface area (Å²) >= 11 is 0. The van der Waals surface area contributed by atoms with Gasteiger partial charge in [0, 0.05) is 23.4 Å². The van der Waals surface area contributed by atoms with E-state index in [2.05, 4.69) is 20.6 Å². The topological polar surface area (TPSA) is 85.4 Å². The number of anilines is 2. The molecule has 0 unspecified atom stereocenters. The molecule has 1 aromatic heterocycles. The number of carbonyl (C=O) groups is 1. The highest BCUT2D eigenvalue weighted by Crippen LogP contribution is 2.33. The van der Waals surface area contributed by atoms with Gasteiger partial charge in [0.25, 0.3) is 5.91 Å². The Kier molecular flexibility index (Phi) is 4.48. The van der Waals surface area contributed by atoms with Crippen LogP contribution >= 0.6 is 0 Å². The van der Waals surface area contributed by atoms with Crippen molar-refractivity contribution in [2.75, 3.05) is 18.5 Å². The van der Waals surface area contributed by atoms with E-state index in [4.69, 9.17) is 9.47 Å². The fraction of sp³-hybridized carbons (Fsp3) is 0.389. The summed E-state index contributed by atoms with van der Waals surface area (Å²) in [6.07, 6.45) is 0. The second-order valence-electron chi connectivity index (χ2n) is 6.87. The van der Waals surface area contributed by atoms with Crippen molar-refractivity contribution >= 4 is 17.4 Å². The minimum absolute atomic E-state index is 0.233. The van der Waals surface area contributed by atoms with Crippen LogP contribution in [0.3, 0.4) is 0 Å². The average molecular weight is 342 g/mol. The predicted octanol–water partition coefficient (Wildman–Crippen LogP) is 2.83. The fourth-order valence-electron chi connectivity index (χ4n) is 2.42. The molecule has 25 heavy (non-hydrogen) atoms. The highest BCUT2D eigenvalue weighted by atomic mass is 16.6. The summed E-state index contributed by atoms with van der Waals surface area (Å²) in [6.45, 7) is 8.61. The van der Waals surface area contributed by atoms with Crippen LogP contribution < -0.4 is 20.1 Å². The third-order valence-electron chi connectivity index (χ3n) is 3.37. The van der Waals surface area contributed by atoms with Crippen molar-refractivity contribution in [2.24, 2.45) is 0 Å². The fourth-order valence-corrected chi connectivity index (χ4v) is 2.42. The van der Waals surface area contributed by atoms with E-state index in [1.54, 1.807) is 13.0 Å². The smallest absolute Gasteiger partial charge is 0.270 e. The van der Waals surface area contributed by atoms with E-state index < -0.39 is 0 Å². The summed E-state index contributed by atoms with van der Waals surface area (Å²) in [5.74, 6) is 2.24. The van der Waals surface area contributed by atoms with Crippen molar-refractivity contribution < 1.29 is 14.3 Å². The molecule has 132 valence electrons. The van der Waals surface area contributed by atoms with Crippen LogP contribution in [0.5, 0.6) is 11.5 Å². The van der Waals surface area contributed by atoms with E-state index in [0.29, 0.717) is 36.3 Å². The maximum Gasteiger partial charge on any atom is 0.270 e. The summed E-state index contributed by atoms with van der Waals surface area (Å²) in [5.41, 5.74) is 0.784. The molecule has 0 spiro atoms. The Bertz CT molecular complexity index is 799. The van der Waals surface area contributed by atoms with Crippen molar-refractivity contribution in [3.05, 3.63) is 35.8 Å². The quantitative estimate of drug-likeness (QED) is 0.892. The second-order valence-corrected chi connectivity index (χ2v) is 6.87. The summed E-state index contributed by atoms with van der Waals surface area (Å²) in [7, 11) is 0. The number of amides is 1. The first-order valence-electron chi connectivity index (χ1n) is 8.15. The highest BCUT2D eigenvalue weighted by Gasteiger charge is 2.18. The van der Waals surface area contributed by atoms with Gasteiger partial charge in [-0.05, 0) is 39.8 Å². The first-order valence-corrected chi connectivity index (χ1v) is 8.15. The zero-order valence-electron chi connectivity index (χ0n) is 14.8. The van der Waals surface area contributed by atoms with Crippen LogP contribution in [0.2, 0.25) is 0 Å². The Morgan fingerprint density at radius 1 is 1.08 bits per heavy atom. The molecule has 0 saturated heterocycles. The maximum atomic E-state index is 12.3. The standard InChI is InChI=1S/C18H22N4O3/c1-11-19-13(17(23)22-18(2,3)4)10-16(20-11)21-12-5-6-14-15(9-12)25-8-7-24-14/h5-6,9-10H,7-8H2,1-4H3,(H,22,23)(H,19,20,21). The minimum Gasteiger partial charge on any atom is -0.486 e. The predicted molar refractivity (Wildman–Crippen MR) is 94.7 cm³/mol. The van der Waals surface area contributed by atoms with Crippen LogP contribution in [0.1, 0.15) is 37.1 Å². The number of nitrogens with zero attached hydrogens (tertiary/aromatic N) is 2. The van der Waals surface area contributed by atoms with Gasteiger partial charge in [0.05, 0.1) is 0 Å². The van der Waals surface area contributed by atoms with Crippen molar-refractivity contribution in [3.63, 3.8) is 0 Å². The van der Waals surface area contributed by atoms with Crippen LogP contribution in [-0.2, 0) is 0 Å². The molecule has 1 aromatic carbocycles. The Hall–Kier alpha value is -2.83. The number of nitrogens with one attached hydrogen (secondary N) is 2. The van der Waals surface area contributed by atoms with Gasteiger partial charge in [0.2, 0.25) is 0 Å². The van der Waals surface area contributed by atoms with Crippen LogP contribution in [0, 0.1) is 6.92 Å². The maximum absolute atomic E-state index is 12.3. The molecule has 0 saturated carbocycles. The van der Waals surface area contributed by atoms with Crippen molar-refractivity contribution in [3.8, 4) is 11.5 Å². The van der Waals surface area contributed by atoms with Crippen molar-refractivity contribution in [2.45, 2.75) is 33.2 Å². The van der Waals surface area contributed by atoms with Gasteiger partial charge in [-0.15, -0.1) is 0 Å². The molecule has 7 heteroatoms. The van der Waals surface area contributed by atoms with E-state index in [1.807, 2.05) is 39.0 Å². The molecule has 2 N–H and O–H groups in total. The number of benzene rings is 1. The monoisotopic (exact) mass is 342 g/mol. The minimum atomic E-state index is -0.334. The lowest BCUT2D eigenvalue weighted by atomic mass is 10.1. The molecule has 1 amide bonds. The molecule has 0 atom stereocenters. The van der Waals surface area contributed by atoms with Gasteiger partial charge in [-0.25, -0.2) is 9.97 Å². The van der Waals surface area contributed by atoms with Crippen LogP contribution in [0.15, 0.2) is 24.3 Å². The lowest BCUT2D eigenvalue weighted by Crippen LogP contribution is -2.41. The number of hydrogen-bond donors (Lipinski definition) is 2. The van der Waals surface area contributed by atoms with Gasteiger partial charge in [-0.1, -0.05) is 0 Å². The highest BCUT2D eigenvalue weighted by molar-refractivity contribution is 5.93. The Labute approximate surface area is 146 Å². The zero-order valence-corrected chi connectivity index (χ0v) is 14.8. The van der Waals surface area contributed by atoms with Gasteiger partial charge in [-0.3, -0.25) is 4.79 Å². The molecule has 3 rings (SSSR count). The van der Waals surface area contributed by atoms with Crippen molar-refractivity contribution in [1.29, 1.82) is 0 Å². The average Bonchev–Trinajstić information content (AvgIpc) is 2.52. The second kappa shape index (κ2) is 6.58. The van der Waals surface area contributed by atoms with Crippen LogP contribution in [0.25, 0.3) is 0 Å². The van der Waals surface area contributed by atoms with Crippen molar-refractivity contribution in [1.82, 2.24) is 15.3 Å². The van der Waals surface area contributed by atoms with Gasteiger partial charge in [-0.2, -0.15) is 0 Å². The zero-order chi connectivity index (χ0) is 18.0. The van der Waals surface area contributed by atoms with Gasteiger partial charge in [0.15, 0.2) is 11.5 Å². The molecule has 1 aliphatic heterocycles. The molecule has 0 bridgehead atoms. The lowest BCUT2D eigenvalue weighted by molar-refractivity contribution is 0.0914. The molecule has 7 nitrogen and oxygen atoms in total. The molecule has 0 fully saturated rings. The largest absolute Gasteiger partial charge is 0.486 e. The van der Waals surface area contributed by atoms with E-state index >= 15 is 0 Å². The summed E-state index contributed by atoms with van der Waals surface area (Å²) in [4.78, 5) is 20.9. The number of ether oxygens (including phenoxy) is 2. The molecular weight excluding hydrogens is 320 g/mol. The molecule has 2 aromatic rings. The molecular formula is C18H22N4O3. The summed E-state index contributed by atoms with van der Waals surface area (Å²) in [6, 6.07) is 7.20. The number of aromatic nitrogens is 2. The van der Waals surface area contributed by atoms with Crippen LogP contribution in [-0.4, -0.2) is 34.6 Å². The first kappa shape index (κ1) is 17.0. The third-order valence-corrected chi connectivity index (χ3v) is 3.37. The van der Waals surface area contributed by atoms with E-state index in [1.165, 1.54) is 0 Å². The number of fused-ring (bicyclic) bond motifs is 1. The summed E-state index contributed by atoms with van der Waals surface area (Å²) in [5, 5.41) is 6.09. The van der Waals surface area contributed by atoms with Gasteiger partial charge >= 0.3 is 0 Å². The Morgan fingerprint density at radius 2 is 1.80 bits per heavy atom. The molecule has 0 radical (unpaired) electrons. The van der Waals surface area contributed by atoms with Gasteiger partial charge in [0.1, 0.15) is 30.5 Å². The first-order chi connectivity index (χ1) is 11.8. The Balaban J connectivity index is 1.82. The molecule has 1 aliphatic rings. The summed E-state index contributed by atoms with van der Waals surface area (Å²) < 4.78 is 11.1. The van der Waals surface area contributed by atoms with E-state index in [0.717, 1.165) is 11.4 Å². The van der Waals surface area contributed by atoms with Crippen LogP contribution in [0.4, 0.5) is 11.5 Å². The number of aryl methyl sites for hydroxylation is 1. The number of rotatable bonds is 3. The number of carbonyl (C=O) groups excluding carboxylic acids is 1. The normalized spacial score (nSPS) is 13.3. The molecule has 0 aliphatic carbocycles. The van der Waals surface area contributed by atoms with Gasteiger partial charge < -0.3 is 20.1 Å². The molecule has 2 heterocycles. The SMILES string of the molecule is Cc1nc(Nc2ccc3c(c2)OCCO3)cc(C(=O)NC(C)(C)C)n1. The Morgan fingerprint density at radius 3 is 2.52 bits per heavy atom. The number of hydrogen-bond acceptors (Lipinski definition) is 6. The van der Waals surface area contributed by atoms with E-state index in [-0.39, 0.29) is 11.4 Å².